The Morgan fingerprint density at radius 2 is 2.00 bits per heavy atom. The number of amides is 2. The monoisotopic (exact) mass is 384 g/mol. The van der Waals surface area contributed by atoms with E-state index in [-0.39, 0.29) is 17.9 Å². The number of nitrogens with one attached hydrogen (secondary N) is 1. The van der Waals surface area contributed by atoms with Crippen molar-refractivity contribution in [2.24, 2.45) is 0 Å². The third-order valence-corrected chi connectivity index (χ3v) is 6.40. The average Bonchev–Trinajstić information content (AvgIpc) is 3.36. The first-order valence-corrected chi connectivity index (χ1v) is 10.1. The van der Waals surface area contributed by atoms with Crippen LogP contribution < -0.4 is 0 Å². The molecule has 1 saturated heterocycles. The quantitative estimate of drug-likeness (QED) is 0.874. The number of fused-ring (bicyclic) bond motifs is 2. The van der Waals surface area contributed by atoms with Crippen LogP contribution in [0.25, 0.3) is 0 Å². The van der Waals surface area contributed by atoms with E-state index in [1.165, 1.54) is 0 Å². The molecule has 0 radical (unpaired) electrons. The molecule has 0 bridgehead atoms. The van der Waals surface area contributed by atoms with Crippen molar-refractivity contribution in [2.45, 2.75) is 58.0 Å². The van der Waals surface area contributed by atoms with Crippen LogP contribution in [0, 0.1) is 6.92 Å². The van der Waals surface area contributed by atoms with Gasteiger partial charge < -0.3 is 19.4 Å². The van der Waals surface area contributed by atoms with Crippen LogP contribution in [0.1, 0.15) is 56.4 Å². The molecule has 150 valence electrons. The standard InChI is InChI=1S/C20H28N6O2/c1-4-17(27)26-9-5-16-18(23-13-22-16)20(26)6-10-24(11-7-20)19(28)14(2)25-12-8-21-15(25)3/h8,12-14H,4-7,9-11H2,1-3H3,(H,22,23)/t14-/m1/s1. The lowest BCUT2D eigenvalue weighted by atomic mass is 9.78. The van der Waals surface area contributed by atoms with Crippen LogP contribution >= 0.6 is 0 Å². The maximum absolute atomic E-state index is 13.1. The van der Waals surface area contributed by atoms with Crippen molar-refractivity contribution in [2.75, 3.05) is 19.6 Å². The number of piperidine rings is 1. The minimum absolute atomic E-state index is 0.0994. The molecule has 8 heteroatoms. The fraction of sp³-hybridized carbons (Fsp3) is 0.600. The normalized spacial score (nSPS) is 19.5. The van der Waals surface area contributed by atoms with E-state index in [9.17, 15) is 9.59 Å². The van der Waals surface area contributed by atoms with Gasteiger partial charge in [-0.15, -0.1) is 0 Å². The zero-order valence-electron chi connectivity index (χ0n) is 16.8. The maximum atomic E-state index is 13.1. The summed E-state index contributed by atoms with van der Waals surface area (Å²) in [5.74, 6) is 1.10. The number of carbonyl (C=O) groups excluding carboxylic acids is 2. The number of imidazole rings is 2. The summed E-state index contributed by atoms with van der Waals surface area (Å²) < 4.78 is 1.91. The summed E-state index contributed by atoms with van der Waals surface area (Å²) >= 11 is 0. The summed E-state index contributed by atoms with van der Waals surface area (Å²) in [7, 11) is 0. The van der Waals surface area contributed by atoms with Crippen molar-refractivity contribution in [1.82, 2.24) is 29.3 Å². The number of H-pyrrole nitrogens is 1. The van der Waals surface area contributed by atoms with Crippen molar-refractivity contribution in [1.29, 1.82) is 0 Å². The molecule has 2 amide bonds. The fourth-order valence-corrected chi connectivity index (χ4v) is 4.82. The molecule has 1 fully saturated rings. The fourth-order valence-electron chi connectivity index (χ4n) is 4.82. The van der Waals surface area contributed by atoms with Gasteiger partial charge in [-0.2, -0.15) is 0 Å². The topological polar surface area (TPSA) is 87.1 Å². The Labute approximate surface area is 164 Å². The molecule has 0 aliphatic carbocycles. The number of hydrogen-bond acceptors (Lipinski definition) is 4. The first-order valence-electron chi connectivity index (χ1n) is 10.1. The van der Waals surface area contributed by atoms with Crippen LogP contribution in [0.5, 0.6) is 0 Å². The molecular formula is C20H28N6O2. The Balaban J connectivity index is 1.55. The minimum atomic E-state index is -0.397. The molecule has 1 N–H and O–H groups in total. The Morgan fingerprint density at radius 3 is 2.64 bits per heavy atom. The first kappa shape index (κ1) is 18.7. The van der Waals surface area contributed by atoms with E-state index in [2.05, 4.69) is 15.0 Å². The Hall–Kier alpha value is -2.64. The predicted molar refractivity (Wildman–Crippen MR) is 103 cm³/mol. The molecule has 4 rings (SSSR count). The van der Waals surface area contributed by atoms with Gasteiger partial charge in [-0.25, -0.2) is 9.97 Å². The number of likely N-dealkylation sites (tertiary alicyclic amines) is 1. The highest BCUT2D eigenvalue weighted by Crippen LogP contribution is 2.42. The predicted octanol–water partition coefficient (Wildman–Crippen LogP) is 1.79. The minimum Gasteiger partial charge on any atom is -0.348 e. The van der Waals surface area contributed by atoms with E-state index in [1.807, 2.05) is 41.3 Å². The van der Waals surface area contributed by atoms with Gasteiger partial charge in [0.15, 0.2) is 0 Å². The molecule has 1 atom stereocenters. The van der Waals surface area contributed by atoms with E-state index in [0.29, 0.717) is 26.1 Å². The van der Waals surface area contributed by atoms with Gasteiger partial charge in [-0.1, -0.05) is 6.92 Å². The van der Waals surface area contributed by atoms with Crippen molar-refractivity contribution in [3.05, 3.63) is 35.9 Å². The van der Waals surface area contributed by atoms with Gasteiger partial charge >= 0.3 is 0 Å². The smallest absolute Gasteiger partial charge is 0.245 e. The molecule has 28 heavy (non-hydrogen) atoms. The van der Waals surface area contributed by atoms with Crippen LogP contribution in [0.3, 0.4) is 0 Å². The first-order chi connectivity index (χ1) is 13.5. The molecule has 2 aromatic rings. The van der Waals surface area contributed by atoms with Crippen LogP contribution in [0.15, 0.2) is 18.7 Å². The number of nitrogens with zero attached hydrogens (tertiary/aromatic N) is 5. The van der Waals surface area contributed by atoms with Crippen molar-refractivity contribution < 1.29 is 9.59 Å². The molecule has 8 nitrogen and oxygen atoms in total. The Morgan fingerprint density at radius 1 is 1.25 bits per heavy atom. The van der Waals surface area contributed by atoms with Gasteiger partial charge in [-0.05, 0) is 26.7 Å². The summed E-state index contributed by atoms with van der Waals surface area (Å²) in [5.41, 5.74) is 1.72. The molecule has 1 spiro atoms. The van der Waals surface area contributed by atoms with Crippen LogP contribution in [0.4, 0.5) is 0 Å². The summed E-state index contributed by atoms with van der Waals surface area (Å²) in [6, 6.07) is -0.280. The highest BCUT2D eigenvalue weighted by molar-refractivity contribution is 5.80. The SMILES string of the molecule is CCC(=O)N1CCc2[nH]cnc2C12CCN(C(=O)[C@@H](C)n1ccnc1C)CC2. The molecule has 2 aliphatic rings. The highest BCUT2D eigenvalue weighted by Gasteiger charge is 2.49. The van der Waals surface area contributed by atoms with Crippen molar-refractivity contribution >= 4 is 11.8 Å². The molecular weight excluding hydrogens is 356 g/mol. The second-order valence-corrected chi connectivity index (χ2v) is 7.79. The Bertz CT molecular complexity index is 877. The zero-order chi connectivity index (χ0) is 19.9. The van der Waals surface area contributed by atoms with E-state index < -0.39 is 5.54 Å². The number of hydrogen-bond donors (Lipinski definition) is 1. The van der Waals surface area contributed by atoms with E-state index in [1.54, 1.807) is 12.5 Å². The second kappa shape index (κ2) is 7.07. The molecule has 2 aliphatic heterocycles. The van der Waals surface area contributed by atoms with E-state index >= 15 is 0 Å². The number of carbonyl (C=O) groups is 2. The van der Waals surface area contributed by atoms with Gasteiger partial charge in [0.25, 0.3) is 0 Å². The maximum Gasteiger partial charge on any atom is 0.245 e. The zero-order valence-corrected chi connectivity index (χ0v) is 16.8. The molecule has 0 unspecified atom stereocenters. The summed E-state index contributed by atoms with van der Waals surface area (Å²) in [5, 5.41) is 0. The van der Waals surface area contributed by atoms with Crippen LogP contribution in [-0.4, -0.2) is 60.8 Å². The van der Waals surface area contributed by atoms with Gasteiger partial charge in [0.05, 0.1) is 17.6 Å². The molecule has 0 saturated carbocycles. The van der Waals surface area contributed by atoms with Gasteiger partial charge in [-0.3, -0.25) is 9.59 Å². The van der Waals surface area contributed by atoms with Gasteiger partial charge in [0, 0.05) is 50.6 Å². The number of aromatic amines is 1. The summed E-state index contributed by atoms with van der Waals surface area (Å²) in [6.45, 7) is 7.68. The highest BCUT2D eigenvalue weighted by atomic mass is 16.2. The number of aromatic nitrogens is 4. The number of aryl methyl sites for hydroxylation is 1. The molecule has 4 heterocycles. The van der Waals surface area contributed by atoms with Gasteiger partial charge in [0.1, 0.15) is 11.9 Å². The van der Waals surface area contributed by atoms with Crippen molar-refractivity contribution in [3.8, 4) is 0 Å². The van der Waals surface area contributed by atoms with Crippen molar-refractivity contribution in [3.63, 3.8) is 0 Å². The lowest BCUT2D eigenvalue weighted by Gasteiger charge is -2.50. The van der Waals surface area contributed by atoms with Crippen LogP contribution in [-0.2, 0) is 21.5 Å². The van der Waals surface area contributed by atoms with E-state index in [4.69, 9.17) is 0 Å². The summed E-state index contributed by atoms with van der Waals surface area (Å²) in [4.78, 5) is 41.7. The average molecular weight is 384 g/mol. The second-order valence-electron chi connectivity index (χ2n) is 7.79. The molecule has 0 aromatic carbocycles. The molecule has 2 aromatic heterocycles. The van der Waals surface area contributed by atoms with Crippen LogP contribution in [0.2, 0.25) is 0 Å². The van der Waals surface area contributed by atoms with Gasteiger partial charge in [0.2, 0.25) is 11.8 Å². The lowest BCUT2D eigenvalue weighted by Crippen LogP contribution is -2.59. The number of rotatable bonds is 3. The summed E-state index contributed by atoms with van der Waals surface area (Å²) in [6.07, 6.45) is 8.04. The third-order valence-electron chi connectivity index (χ3n) is 6.40. The van der Waals surface area contributed by atoms with E-state index in [0.717, 1.165) is 36.5 Å². The largest absolute Gasteiger partial charge is 0.348 e. The lowest BCUT2D eigenvalue weighted by molar-refractivity contribution is -0.145. The third kappa shape index (κ3) is 2.82. The Kier molecular flexibility index (Phi) is 4.72.